The van der Waals surface area contributed by atoms with Crippen LogP contribution in [0.1, 0.15) is 11.5 Å². The fraction of sp³-hybridized carbons (Fsp3) is 0.500. The van der Waals surface area contributed by atoms with Crippen molar-refractivity contribution in [3.8, 4) is 0 Å². The highest BCUT2D eigenvalue weighted by Crippen LogP contribution is 2.28. The van der Waals surface area contributed by atoms with Crippen molar-refractivity contribution in [2.24, 2.45) is 11.1 Å². The van der Waals surface area contributed by atoms with Crippen molar-refractivity contribution >= 4 is 10.0 Å². The first-order valence-corrected chi connectivity index (χ1v) is 6.89. The second kappa shape index (κ2) is 4.48. The Labute approximate surface area is 95.1 Å². The van der Waals surface area contributed by atoms with Gasteiger partial charge >= 0.3 is 0 Å². The normalized spacial score (nSPS) is 25.8. The van der Waals surface area contributed by atoms with Gasteiger partial charge in [0.15, 0.2) is 0 Å². The Morgan fingerprint density at radius 1 is 1.38 bits per heavy atom. The molecule has 5 nitrogen and oxygen atoms in total. The summed E-state index contributed by atoms with van der Waals surface area (Å²) in [7, 11) is -3.40. The average Bonchev–Trinajstić information content (AvgIpc) is 2.64. The summed E-state index contributed by atoms with van der Waals surface area (Å²) in [5.74, 6) is 0.297. The molecule has 16 heavy (non-hydrogen) atoms. The van der Waals surface area contributed by atoms with Crippen molar-refractivity contribution in [2.45, 2.75) is 5.92 Å². The number of nitrogens with zero attached hydrogens (tertiary/aromatic N) is 1. The smallest absolute Gasteiger partial charge is 0.209 e. The molecule has 3 N–H and O–H groups in total. The summed E-state index contributed by atoms with van der Waals surface area (Å²) in [6.45, 7) is 1.49. The summed E-state index contributed by atoms with van der Waals surface area (Å²) in [6.07, 6.45) is 3.45. The van der Waals surface area contributed by atoms with E-state index in [1.165, 1.54) is 0 Å². The lowest BCUT2D eigenvalue weighted by molar-refractivity contribution is 0.542. The molecule has 2 atom stereocenters. The molecular weight excluding hydrogens is 226 g/mol. The van der Waals surface area contributed by atoms with Crippen LogP contribution >= 0.6 is 0 Å². The van der Waals surface area contributed by atoms with E-state index < -0.39 is 10.0 Å². The third kappa shape index (κ3) is 2.78. The zero-order valence-corrected chi connectivity index (χ0v) is 9.65. The monoisotopic (exact) mass is 241 g/mol. The van der Waals surface area contributed by atoms with Crippen LogP contribution in [0.25, 0.3) is 0 Å². The van der Waals surface area contributed by atoms with Gasteiger partial charge in [-0.2, -0.15) is 0 Å². The number of rotatable bonds is 3. The number of nitrogens with one attached hydrogen (secondary N) is 1. The minimum absolute atomic E-state index is 0.0347. The van der Waals surface area contributed by atoms with Crippen molar-refractivity contribution in [3.63, 3.8) is 0 Å². The minimum atomic E-state index is -3.40. The molecule has 2 rings (SSSR count). The van der Waals surface area contributed by atoms with Gasteiger partial charge in [-0.1, -0.05) is 0 Å². The highest BCUT2D eigenvalue weighted by atomic mass is 32.2. The Balaban J connectivity index is 2.16. The highest BCUT2D eigenvalue weighted by Gasteiger charge is 2.30. The standard InChI is InChI=1S/C10H15N3O2S/c11-16(14,15)7-9-5-13-6-10(9)8-1-3-12-4-2-8/h1-4,9-10,13H,5-7H2,(H2,11,14,15). The molecule has 0 spiro atoms. The predicted octanol–water partition coefficient (Wildman–Crippen LogP) is -0.327. The first-order chi connectivity index (χ1) is 7.56. The van der Waals surface area contributed by atoms with Gasteiger partial charge in [0, 0.05) is 24.9 Å². The fourth-order valence-electron chi connectivity index (χ4n) is 2.21. The fourth-order valence-corrected chi connectivity index (χ4v) is 3.15. The lowest BCUT2D eigenvalue weighted by atomic mass is 9.91. The van der Waals surface area contributed by atoms with E-state index in [1.54, 1.807) is 12.4 Å². The summed E-state index contributed by atoms with van der Waals surface area (Å²) in [5, 5.41) is 8.29. The Morgan fingerprint density at radius 3 is 2.69 bits per heavy atom. The van der Waals surface area contributed by atoms with Gasteiger partial charge in [-0.25, -0.2) is 13.6 Å². The van der Waals surface area contributed by atoms with Gasteiger partial charge in [-0.3, -0.25) is 4.98 Å². The molecule has 1 aliphatic rings. The van der Waals surface area contributed by atoms with Gasteiger partial charge < -0.3 is 5.32 Å². The maximum absolute atomic E-state index is 11.1. The maximum atomic E-state index is 11.1. The number of hydrogen-bond donors (Lipinski definition) is 2. The number of sulfonamides is 1. The Bertz CT molecular complexity index is 446. The van der Waals surface area contributed by atoms with E-state index in [0.717, 1.165) is 12.1 Å². The van der Waals surface area contributed by atoms with Crippen molar-refractivity contribution in [1.29, 1.82) is 0 Å². The molecule has 1 aromatic rings. The summed E-state index contributed by atoms with van der Waals surface area (Å²) >= 11 is 0. The van der Waals surface area contributed by atoms with Crippen LogP contribution < -0.4 is 10.5 Å². The summed E-state index contributed by atoms with van der Waals surface area (Å²) in [4.78, 5) is 3.95. The van der Waals surface area contributed by atoms with Crippen LogP contribution in [0, 0.1) is 5.92 Å². The number of primary sulfonamides is 1. The molecular formula is C10H15N3O2S. The number of aromatic nitrogens is 1. The predicted molar refractivity (Wildman–Crippen MR) is 61.3 cm³/mol. The zero-order valence-electron chi connectivity index (χ0n) is 8.83. The minimum Gasteiger partial charge on any atom is -0.316 e. The molecule has 0 saturated carbocycles. The first-order valence-electron chi connectivity index (χ1n) is 5.17. The largest absolute Gasteiger partial charge is 0.316 e. The average molecular weight is 241 g/mol. The van der Waals surface area contributed by atoms with Gasteiger partial charge in [-0.15, -0.1) is 0 Å². The van der Waals surface area contributed by atoms with Crippen LogP contribution in [0.3, 0.4) is 0 Å². The Hall–Kier alpha value is -0.980. The van der Waals surface area contributed by atoms with E-state index in [2.05, 4.69) is 10.3 Å². The molecule has 2 unspecified atom stereocenters. The van der Waals surface area contributed by atoms with Crippen molar-refractivity contribution in [3.05, 3.63) is 30.1 Å². The molecule has 88 valence electrons. The van der Waals surface area contributed by atoms with Gasteiger partial charge in [-0.05, 0) is 30.2 Å². The quantitative estimate of drug-likeness (QED) is 0.759. The van der Waals surface area contributed by atoms with Crippen LogP contribution in [0.4, 0.5) is 0 Å². The number of nitrogens with two attached hydrogens (primary N) is 1. The topological polar surface area (TPSA) is 85.1 Å². The summed E-state index contributed by atoms with van der Waals surface area (Å²) < 4.78 is 22.2. The van der Waals surface area contributed by atoms with E-state index >= 15 is 0 Å². The van der Waals surface area contributed by atoms with Crippen molar-refractivity contribution in [1.82, 2.24) is 10.3 Å². The van der Waals surface area contributed by atoms with Crippen LogP contribution in [-0.2, 0) is 10.0 Å². The van der Waals surface area contributed by atoms with E-state index in [9.17, 15) is 8.42 Å². The van der Waals surface area contributed by atoms with E-state index in [-0.39, 0.29) is 17.6 Å². The molecule has 1 aromatic heterocycles. The lowest BCUT2D eigenvalue weighted by Gasteiger charge is -2.17. The van der Waals surface area contributed by atoms with Gasteiger partial charge in [0.05, 0.1) is 5.75 Å². The van der Waals surface area contributed by atoms with Crippen LogP contribution in [0.2, 0.25) is 0 Å². The molecule has 6 heteroatoms. The SMILES string of the molecule is NS(=O)(=O)CC1CNCC1c1ccncc1. The van der Waals surface area contributed by atoms with Gasteiger partial charge in [0.1, 0.15) is 0 Å². The Kier molecular flexibility index (Phi) is 3.22. The molecule has 1 fully saturated rings. The molecule has 0 radical (unpaired) electrons. The molecule has 0 bridgehead atoms. The second-order valence-corrected chi connectivity index (χ2v) is 5.79. The highest BCUT2D eigenvalue weighted by molar-refractivity contribution is 7.89. The second-order valence-electron chi connectivity index (χ2n) is 4.13. The number of hydrogen-bond acceptors (Lipinski definition) is 4. The van der Waals surface area contributed by atoms with Crippen molar-refractivity contribution in [2.75, 3.05) is 18.8 Å². The summed E-state index contributed by atoms with van der Waals surface area (Å²) in [5.41, 5.74) is 1.12. The maximum Gasteiger partial charge on any atom is 0.209 e. The molecule has 0 aromatic carbocycles. The molecule has 1 saturated heterocycles. The van der Waals surface area contributed by atoms with Crippen LogP contribution in [-0.4, -0.2) is 32.2 Å². The molecule has 0 aliphatic carbocycles. The van der Waals surface area contributed by atoms with Gasteiger partial charge in [0.25, 0.3) is 0 Å². The van der Waals surface area contributed by atoms with Crippen molar-refractivity contribution < 1.29 is 8.42 Å². The van der Waals surface area contributed by atoms with Gasteiger partial charge in [0.2, 0.25) is 10.0 Å². The van der Waals surface area contributed by atoms with Crippen LogP contribution in [0.5, 0.6) is 0 Å². The van der Waals surface area contributed by atoms with E-state index in [4.69, 9.17) is 5.14 Å². The molecule has 2 heterocycles. The third-order valence-electron chi connectivity index (χ3n) is 2.92. The molecule has 1 aliphatic heterocycles. The third-order valence-corrected chi connectivity index (χ3v) is 3.81. The van der Waals surface area contributed by atoms with E-state index in [1.807, 2.05) is 12.1 Å². The summed E-state index contributed by atoms with van der Waals surface area (Å²) in [6, 6.07) is 3.85. The lowest BCUT2D eigenvalue weighted by Crippen LogP contribution is -2.27. The Morgan fingerprint density at radius 2 is 2.06 bits per heavy atom. The van der Waals surface area contributed by atoms with E-state index in [0.29, 0.717) is 6.54 Å². The van der Waals surface area contributed by atoms with Crippen LogP contribution in [0.15, 0.2) is 24.5 Å². The number of pyridine rings is 1. The molecule has 0 amide bonds. The first kappa shape index (κ1) is 11.5. The zero-order chi connectivity index (χ0) is 11.6.